The SMILES string of the molecule is CCn1cc(NC(=O)Cc2ccc(N)cn2)ccc1=O. The highest BCUT2D eigenvalue weighted by atomic mass is 16.1. The number of nitrogens with one attached hydrogen (secondary N) is 1. The molecule has 104 valence electrons. The van der Waals surface area contributed by atoms with Crippen LogP contribution < -0.4 is 16.6 Å². The molecule has 6 nitrogen and oxygen atoms in total. The number of pyridine rings is 2. The summed E-state index contributed by atoms with van der Waals surface area (Å²) >= 11 is 0. The largest absolute Gasteiger partial charge is 0.397 e. The number of hydrogen-bond acceptors (Lipinski definition) is 4. The normalized spacial score (nSPS) is 10.2. The van der Waals surface area contributed by atoms with Gasteiger partial charge in [0.25, 0.3) is 5.56 Å². The summed E-state index contributed by atoms with van der Waals surface area (Å²) in [5, 5.41) is 2.74. The number of nitrogen functional groups attached to an aromatic ring is 1. The summed E-state index contributed by atoms with van der Waals surface area (Å²) in [5.41, 5.74) is 7.23. The van der Waals surface area contributed by atoms with Crippen molar-refractivity contribution in [2.45, 2.75) is 19.9 Å². The molecule has 0 saturated heterocycles. The molecule has 0 radical (unpaired) electrons. The van der Waals surface area contributed by atoms with Crippen LogP contribution in [0, 0.1) is 0 Å². The Labute approximate surface area is 116 Å². The summed E-state index contributed by atoms with van der Waals surface area (Å²) in [4.78, 5) is 27.4. The second-order valence-electron chi connectivity index (χ2n) is 4.35. The van der Waals surface area contributed by atoms with E-state index in [0.717, 1.165) is 0 Å². The van der Waals surface area contributed by atoms with Crippen LogP contribution in [-0.4, -0.2) is 15.5 Å². The molecule has 0 aromatic carbocycles. The molecular weight excluding hydrogens is 256 g/mol. The van der Waals surface area contributed by atoms with Gasteiger partial charge in [0, 0.05) is 24.5 Å². The number of rotatable bonds is 4. The van der Waals surface area contributed by atoms with Crippen molar-refractivity contribution in [3.05, 3.63) is 52.7 Å². The van der Waals surface area contributed by atoms with Crippen molar-refractivity contribution < 1.29 is 4.79 Å². The topological polar surface area (TPSA) is 90.0 Å². The summed E-state index contributed by atoms with van der Waals surface area (Å²) in [7, 11) is 0. The Morgan fingerprint density at radius 1 is 1.35 bits per heavy atom. The Morgan fingerprint density at radius 3 is 2.80 bits per heavy atom. The average molecular weight is 272 g/mol. The van der Waals surface area contributed by atoms with E-state index in [9.17, 15) is 9.59 Å². The van der Waals surface area contributed by atoms with E-state index < -0.39 is 0 Å². The van der Waals surface area contributed by atoms with Crippen LogP contribution in [-0.2, 0) is 17.8 Å². The quantitative estimate of drug-likeness (QED) is 0.869. The molecule has 2 rings (SSSR count). The minimum atomic E-state index is -0.191. The zero-order valence-electron chi connectivity index (χ0n) is 11.2. The van der Waals surface area contributed by atoms with E-state index in [0.29, 0.717) is 23.6 Å². The number of nitrogens with two attached hydrogens (primary N) is 1. The van der Waals surface area contributed by atoms with Crippen molar-refractivity contribution in [2.24, 2.45) is 0 Å². The molecule has 1 amide bonds. The van der Waals surface area contributed by atoms with Gasteiger partial charge >= 0.3 is 0 Å². The molecule has 0 aliphatic carbocycles. The van der Waals surface area contributed by atoms with E-state index in [1.807, 2.05) is 6.92 Å². The predicted molar refractivity (Wildman–Crippen MR) is 77.4 cm³/mol. The van der Waals surface area contributed by atoms with Crippen molar-refractivity contribution in [1.29, 1.82) is 0 Å². The summed E-state index contributed by atoms with van der Waals surface area (Å²) < 4.78 is 1.52. The Kier molecular flexibility index (Phi) is 4.14. The Hall–Kier alpha value is -2.63. The second-order valence-corrected chi connectivity index (χ2v) is 4.35. The molecule has 0 unspecified atom stereocenters. The van der Waals surface area contributed by atoms with E-state index in [-0.39, 0.29) is 17.9 Å². The van der Waals surface area contributed by atoms with Gasteiger partial charge in [0.1, 0.15) is 0 Å². The van der Waals surface area contributed by atoms with Crippen LogP contribution in [0.25, 0.3) is 0 Å². The van der Waals surface area contributed by atoms with Crippen LogP contribution in [0.2, 0.25) is 0 Å². The fourth-order valence-electron chi connectivity index (χ4n) is 1.76. The van der Waals surface area contributed by atoms with E-state index in [1.165, 1.54) is 16.8 Å². The first kappa shape index (κ1) is 13.8. The third-order valence-electron chi connectivity index (χ3n) is 2.80. The van der Waals surface area contributed by atoms with Crippen LogP contribution in [0.4, 0.5) is 11.4 Å². The van der Waals surface area contributed by atoms with Gasteiger partial charge < -0.3 is 15.6 Å². The van der Waals surface area contributed by atoms with E-state index in [4.69, 9.17) is 5.73 Å². The molecule has 0 bridgehead atoms. The maximum absolute atomic E-state index is 11.9. The van der Waals surface area contributed by atoms with Gasteiger partial charge in [-0.3, -0.25) is 14.6 Å². The number of nitrogens with zero attached hydrogens (tertiary/aromatic N) is 2. The highest BCUT2D eigenvalue weighted by molar-refractivity contribution is 5.91. The number of amides is 1. The van der Waals surface area contributed by atoms with Crippen LogP contribution in [0.1, 0.15) is 12.6 Å². The molecule has 20 heavy (non-hydrogen) atoms. The summed E-state index contributed by atoms with van der Waals surface area (Å²) in [6.07, 6.45) is 3.29. The molecule has 6 heteroatoms. The predicted octanol–water partition coefficient (Wildman–Crippen LogP) is 1.03. The Morgan fingerprint density at radius 2 is 2.15 bits per heavy atom. The summed E-state index contributed by atoms with van der Waals surface area (Å²) in [6.45, 7) is 2.42. The van der Waals surface area contributed by atoms with Gasteiger partial charge in [-0.05, 0) is 25.1 Å². The zero-order valence-corrected chi connectivity index (χ0v) is 11.2. The van der Waals surface area contributed by atoms with Gasteiger partial charge in [0.15, 0.2) is 0 Å². The van der Waals surface area contributed by atoms with E-state index in [2.05, 4.69) is 10.3 Å². The number of hydrogen-bond donors (Lipinski definition) is 2. The van der Waals surface area contributed by atoms with Crippen molar-refractivity contribution in [1.82, 2.24) is 9.55 Å². The number of aromatic nitrogens is 2. The molecule has 0 fully saturated rings. The number of anilines is 2. The van der Waals surface area contributed by atoms with Gasteiger partial charge in [-0.25, -0.2) is 0 Å². The van der Waals surface area contributed by atoms with Gasteiger partial charge in [0.2, 0.25) is 5.91 Å². The van der Waals surface area contributed by atoms with Crippen LogP contribution in [0.5, 0.6) is 0 Å². The number of aryl methyl sites for hydroxylation is 1. The van der Waals surface area contributed by atoms with Gasteiger partial charge in [-0.2, -0.15) is 0 Å². The lowest BCUT2D eigenvalue weighted by atomic mass is 10.2. The molecule has 2 heterocycles. The molecule has 0 spiro atoms. The van der Waals surface area contributed by atoms with Crippen molar-refractivity contribution in [3.8, 4) is 0 Å². The number of carbonyl (C=O) groups excluding carboxylic acids is 1. The molecule has 0 aliphatic rings. The Bertz CT molecular complexity index is 662. The van der Waals surface area contributed by atoms with Crippen LogP contribution >= 0.6 is 0 Å². The van der Waals surface area contributed by atoms with E-state index >= 15 is 0 Å². The second kappa shape index (κ2) is 6.01. The van der Waals surface area contributed by atoms with Crippen molar-refractivity contribution in [2.75, 3.05) is 11.1 Å². The summed E-state index contributed by atoms with van der Waals surface area (Å²) in [6, 6.07) is 6.43. The lowest BCUT2D eigenvalue weighted by molar-refractivity contribution is -0.115. The molecule has 0 aliphatic heterocycles. The lowest BCUT2D eigenvalue weighted by Crippen LogP contribution is -2.20. The lowest BCUT2D eigenvalue weighted by Gasteiger charge is -2.07. The monoisotopic (exact) mass is 272 g/mol. The van der Waals surface area contributed by atoms with E-state index in [1.54, 1.807) is 24.4 Å². The smallest absolute Gasteiger partial charge is 0.250 e. The van der Waals surface area contributed by atoms with Crippen molar-refractivity contribution in [3.63, 3.8) is 0 Å². The van der Waals surface area contributed by atoms with Crippen LogP contribution in [0.3, 0.4) is 0 Å². The van der Waals surface area contributed by atoms with Gasteiger partial charge in [0.05, 0.1) is 24.0 Å². The third-order valence-corrected chi connectivity index (χ3v) is 2.80. The van der Waals surface area contributed by atoms with Crippen LogP contribution in [0.15, 0.2) is 41.5 Å². The zero-order chi connectivity index (χ0) is 14.5. The first-order valence-corrected chi connectivity index (χ1v) is 6.29. The first-order chi connectivity index (χ1) is 9.58. The third kappa shape index (κ3) is 3.44. The molecular formula is C14H16N4O2. The average Bonchev–Trinajstić information content (AvgIpc) is 2.43. The van der Waals surface area contributed by atoms with Gasteiger partial charge in [-0.15, -0.1) is 0 Å². The number of carbonyl (C=O) groups is 1. The fraction of sp³-hybridized carbons (Fsp3) is 0.214. The molecule has 3 N–H and O–H groups in total. The minimum Gasteiger partial charge on any atom is -0.397 e. The van der Waals surface area contributed by atoms with Crippen molar-refractivity contribution >= 4 is 17.3 Å². The minimum absolute atomic E-state index is 0.0919. The molecule has 2 aromatic rings. The first-order valence-electron chi connectivity index (χ1n) is 6.29. The highest BCUT2D eigenvalue weighted by Crippen LogP contribution is 2.06. The maximum atomic E-state index is 11.9. The standard InChI is InChI=1S/C14H16N4O2/c1-2-18-9-12(5-6-14(18)20)17-13(19)7-11-4-3-10(15)8-16-11/h3-6,8-9H,2,7,15H2,1H3,(H,17,19). The molecule has 2 aromatic heterocycles. The molecule has 0 atom stereocenters. The highest BCUT2D eigenvalue weighted by Gasteiger charge is 2.06. The maximum Gasteiger partial charge on any atom is 0.250 e. The molecule has 0 saturated carbocycles. The Balaban J connectivity index is 2.04. The summed E-state index contributed by atoms with van der Waals surface area (Å²) in [5.74, 6) is -0.191. The fourth-order valence-corrected chi connectivity index (χ4v) is 1.76. The van der Waals surface area contributed by atoms with Gasteiger partial charge in [-0.1, -0.05) is 0 Å².